The van der Waals surface area contributed by atoms with Crippen molar-refractivity contribution in [2.45, 2.75) is 66.3 Å². The van der Waals surface area contributed by atoms with Crippen molar-refractivity contribution in [2.24, 2.45) is 17.2 Å². The van der Waals surface area contributed by atoms with E-state index in [0.29, 0.717) is 17.4 Å². The number of rotatable bonds is 6. The Morgan fingerprint density at radius 1 is 1.31 bits per heavy atom. The summed E-state index contributed by atoms with van der Waals surface area (Å²) in [5.74, 6) is 12.3. The van der Waals surface area contributed by atoms with Crippen molar-refractivity contribution in [3.63, 3.8) is 0 Å². The third kappa shape index (κ3) is 8.76. The minimum absolute atomic E-state index is 0.401. The van der Waals surface area contributed by atoms with E-state index in [9.17, 15) is 0 Å². The van der Waals surface area contributed by atoms with E-state index >= 15 is 0 Å². The van der Waals surface area contributed by atoms with Crippen molar-refractivity contribution >= 4 is 0 Å². The molecule has 3 N–H and O–H groups in total. The second kappa shape index (κ2) is 7.70. The molecule has 0 fully saturated rings. The number of nitrogens with two attached hydrogens (primary N) is 1. The lowest BCUT2D eigenvalue weighted by molar-refractivity contribution is 0.272. The van der Waals surface area contributed by atoms with E-state index in [2.05, 4.69) is 45.0 Å². The van der Waals surface area contributed by atoms with E-state index in [1.165, 1.54) is 6.42 Å². The van der Waals surface area contributed by atoms with Gasteiger partial charge in [0.2, 0.25) is 0 Å². The van der Waals surface area contributed by atoms with Gasteiger partial charge in [-0.15, -0.1) is 11.8 Å². The molecule has 0 saturated carbocycles. The summed E-state index contributed by atoms with van der Waals surface area (Å²) in [7, 11) is 0. The SMILES string of the molecule is CC#CCCC(CC(C)CC(C)(C)C)NN. The highest BCUT2D eigenvalue weighted by Crippen LogP contribution is 2.27. The molecule has 0 radical (unpaired) electrons. The Bertz CT molecular complexity index is 229. The van der Waals surface area contributed by atoms with Crippen molar-refractivity contribution in [1.82, 2.24) is 5.43 Å². The summed E-state index contributed by atoms with van der Waals surface area (Å²) in [4.78, 5) is 0. The molecule has 0 aliphatic heterocycles. The van der Waals surface area contributed by atoms with Crippen LogP contribution in [0.1, 0.15) is 60.3 Å². The van der Waals surface area contributed by atoms with Gasteiger partial charge in [-0.3, -0.25) is 11.3 Å². The molecule has 94 valence electrons. The Hall–Kier alpha value is -0.520. The molecular weight excluding hydrogens is 196 g/mol. The van der Waals surface area contributed by atoms with Crippen LogP contribution in [0.3, 0.4) is 0 Å². The van der Waals surface area contributed by atoms with Crippen LogP contribution < -0.4 is 11.3 Å². The Morgan fingerprint density at radius 2 is 1.94 bits per heavy atom. The monoisotopic (exact) mass is 224 g/mol. The van der Waals surface area contributed by atoms with Crippen LogP contribution in [0, 0.1) is 23.2 Å². The zero-order valence-corrected chi connectivity index (χ0v) is 11.6. The van der Waals surface area contributed by atoms with E-state index in [1.807, 2.05) is 6.92 Å². The predicted octanol–water partition coefficient (Wildman–Crippen LogP) is 3.08. The molecule has 2 nitrogen and oxygen atoms in total. The molecule has 0 aromatic rings. The van der Waals surface area contributed by atoms with E-state index < -0.39 is 0 Å². The average molecular weight is 224 g/mol. The molecule has 0 bridgehead atoms. The fraction of sp³-hybridized carbons (Fsp3) is 0.857. The fourth-order valence-corrected chi connectivity index (χ4v) is 2.26. The average Bonchev–Trinajstić information content (AvgIpc) is 2.13. The van der Waals surface area contributed by atoms with Crippen molar-refractivity contribution in [2.75, 3.05) is 0 Å². The molecule has 0 aliphatic rings. The fourth-order valence-electron chi connectivity index (χ4n) is 2.26. The molecule has 0 spiro atoms. The van der Waals surface area contributed by atoms with Crippen LogP contribution in [0.4, 0.5) is 0 Å². The van der Waals surface area contributed by atoms with Gasteiger partial charge < -0.3 is 0 Å². The van der Waals surface area contributed by atoms with Crippen molar-refractivity contribution in [3.8, 4) is 11.8 Å². The lowest BCUT2D eigenvalue weighted by Gasteiger charge is -2.26. The van der Waals surface area contributed by atoms with Crippen LogP contribution in [-0.2, 0) is 0 Å². The largest absolute Gasteiger partial charge is 0.271 e. The maximum atomic E-state index is 5.57. The summed E-state index contributed by atoms with van der Waals surface area (Å²) >= 11 is 0. The van der Waals surface area contributed by atoms with Gasteiger partial charge in [0, 0.05) is 12.5 Å². The first-order chi connectivity index (χ1) is 7.39. The maximum Gasteiger partial charge on any atom is 0.0222 e. The predicted molar refractivity (Wildman–Crippen MR) is 71.6 cm³/mol. The Morgan fingerprint density at radius 3 is 2.38 bits per heavy atom. The Kier molecular flexibility index (Phi) is 7.45. The molecule has 0 rings (SSSR count). The molecule has 0 aromatic carbocycles. The number of hydrogen-bond acceptors (Lipinski definition) is 2. The molecule has 2 atom stereocenters. The first-order valence-electron chi connectivity index (χ1n) is 6.24. The van der Waals surface area contributed by atoms with Gasteiger partial charge in [0.05, 0.1) is 0 Å². The molecule has 2 heteroatoms. The molecule has 16 heavy (non-hydrogen) atoms. The standard InChI is InChI=1S/C14H28N2/c1-6-7-8-9-13(16-15)10-12(2)11-14(3,4)5/h12-13,16H,8-11,15H2,1-5H3. The van der Waals surface area contributed by atoms with Crippen LogP contribution >= 0.6 is 0 Å². The summed E-state index contributed by atoms with van der Waals surface area (Å²) < 4.78 is 0. The Labute approximate surface area is 101 Å². The summed E-state index contributed by atoms with van der Waals surface area (Å²) in [6.45, 7) is 11.1. The number of hydrazine groups is 1. The quantitative estimate of drug-likeness (QED) is 0.413. The lowest BCUT2D eigenvalue weighted by atomic mass is 9.82. The van der Waals surface area contributed by atoms with E-state index in [1.54, 1.807) is 0 Å². The van der Waals surface area contributed by atoms with Crippen LogP contribution in [0.5, 0.6) is 0 Å². The van der Waals surface area contributed by atoms with Gasteiger partial charge in [-0.05, 0) is 37.5 Å². The summed E-state index contributed by atoms with van der Waals surface area (Å²) in [5.41, 5.74) is 3.31. The molecule has 0 aliphatic carbocycles. The van der Waals surface area contributed by atoms with Crippen LogP contribution in [0.2, 0.25) is 0 Å². The highest BCUT2D eigenvalue weighted by molar-refractivity contribution is 4.95. The highest BCUT2D eigenvalue weighted by Gasteiger charge is 2.18. The van der Waals surface area contributed by atoms with Crippen molar-refractivity contribution in [3.05, 3.63) is 0 Å². The Balaban J connectivity index is 3.95. The zero-order chi connectivity index (χ0) is 12.6. The zero-order valence-electron chi connectivity index (χ0n) is 11.6. The van der Waals surface area contributed by atoms with Crippen LogP contribution in [0.15, 0.2) is 0 Å². The normalized spacial score (nSPS) is 15.1. The van der Waals surface area contributed by atoms with Crippen LogP contribution in [0.25, 0.3) is 0 Å². The first kappa shape index (κ1) is 15.5. The second-order valence-electron chi connectivity index (χ2n) is 5.93. The molecule has 0 amide bonds. The van der Waals surface area contributed by atoms with Gasteiger partial charge in [-0.1, -0.05) is 27.7 Å². The minimum atomic E-state index is 0.401. The van der Waals surface area contributed by atoms with Gasteiger partial charge >= 0.3 is 0 Å². The summed E-state index contributed by atoms with van der Waals surface area (Å²) in [6, 6.07) is 0.401. The first-order valence-corrected chi connectivity index (χ1v) is 6.24. The van der Waals surface area contributed by atoms with Gasteiger partial charge in [0.1, 0.15) is 0 Å². The summed E-state index contributed by atoms with van der Waals surface area (Å²) in [5, 5.41) is 0. The molecule has 2 unspecified atom stereocenters. The molecule has 0 saturated heterocycles. The topological polar surface area (TPSA) is 38.0 Å². The number of hydrogen-bond donors (Lipinski definition) is 2. The van der Waals surface area contributed by atoms with Gasteiger partial charge in [-0.2, -0.15) is 0 Å². The van der Waals surface area contributed by atoms with E-state index in [-0.39, 0.29) is 0 Å². The molecule has 0 aromatic heterocycles. The number of nitrogens with one attached hydrogen (secondary N) is 1. The van der Waals surface area contributed by atoms with Crippen molar-refractivity contribution in [1.29, 1.82) is 0 Å². The maximum absolute atomic E-state index is 5.57. The third-order valence-electron chi connectivity index (χ3n) is 2.68. The minimum Gasteiger partial charge on any atom is -0.271 e. The van der Waals surface area contributed by atoms with Crippen LogP contribution in [-0.4, -0.2) is 6.04 Å². The second-order valence-corrected chi connectivity index (χ2v) is 5.93. The van der Waals surface area contributed by atoms with Gasteiger partial charge in [-0.25, -0.2) is 0 Å². The van der Waals surface area contributed by atoms with Gasteiger partial charge in [0.15, 0.2) is 0 Å². The van der Waals surface area contributed by atoms with E-state index in [4.69, 9.17) is 5.84 Å². The molecule has 0 heterocycles. The summed E-state index contributed by atoms with van der Waals surface area (Å²) in [6.07, 6.45) is 4.36. The van der Waals surface area contributed by atoms with Gasteiger partial charge in [0.25, 0.3) is 0 Å². The smallest absolute Gasteiger partial charge is 0.0222 e. The van der Waals surface area contributed by atoms with Crippen molar-refractivity contribution < 1.29 is 0 Å². The molecular formula is C14H28N2. The third-order valence-corrected chi connectivity index (χ3v) is 2.68. The highest BCUT2D eigenvalue weighted by atomic mass is 15.2. The van der Waals surface area contributed by atoms with E-state index in [0.717, 1.165) is 19.3 Å². The lowest BCUT2D eigenvalue weighted by Crippen LogP contribution is -2.36.